The van der Waals surface area contributed by atoms with Crippen molar-refractivity contribution in [3.05, 3.63) is 65.5 Å². The molecule has 0 aliphatic heterocycles. The predicted molar refractivity (Wildman–Crippen MR) is 59.8 cm³/mol. The second-order valence-electron chi connectivity index (χ2n) is 3.53. The highest BCUT2D eigenvalue weighted by atomic mass is 19.2. The number of nitrogens with zero attached hydrogens (tertiary/aromatic N) is 1. The van der Waals surface area contributed by atoms with Gasteiger partial charge in [-0.2, -0.15) is 0 Å². The number of halogens is 2. The van der Waals surface area contributed by atoms with Crippen LogP contribution >= 0.6 is 0 Å². The average molecular weight is 235 g/mol. The van der Waals surface area contributed by atoms with Crippen molar-refractivity contribution in [1.82, 2.24) is 10.4 Å². The van der Waals surface area contributed by atoms with Gasteiger partial charge in [0.25, 0.3) is 0 Å². The number of nitrogens with one attached hydrogen (secondary N) is 1. The molecule has 88 valence electrons. The van der Waals surface area contributed by atoms with Crippen molar-refractivity contribution in [3.63, 3.8) is 0 Å². The zero-order valence-corrected chi connectivity index (χ0v) is 8.90. The fourth-order valence-corrected chi connectivity index (χ4v) is 1.59. The fourth-order valence-electron chi connectivity index (χ4n) is 1.59. The smallest absolute Gasteiger partial charge is 0.159 e. The minimum atomic E-state index is -0.904. The summed E-state index contributed by atoms with van der Waals surface area (Å²) in [5.41, 5.74) is 3.69. The zero-order chi connectivity index (χ0) is 12.3. The third kappa shape index (κ3) is 2.46. The number of benzene rings is 1. The van der Waals surface area contributed by atoms with E-state index in [1.54, 1.807) is 24.4 Å². The molecule has 0 saturated heterocycles. The molecule has 0 bridgehead atoms. The maximum Gasteiger partial charge on any atom is 0.159 e. The molecule has 1 aromatic heterocycles. The normalized spacial score (nSPS) is 12.4. The number of pyridine rings is 1. The maximum absolute atomic E-state index is 13.1. The highest BCUT2D eigenvalue weighted by Crippen LogP contribution is 2.21. The van der Waals surface area contributed by atoms with E-state index in [1.165, 1.54) is 6.07 Å². The number of aromatic nitrogens is 1. The summed E-state index contributed by atoms with van der Waals surface area (Å²) in [6.07, 6.45) is 1.61. The average Bonchev–Trinajstić information content (AvgIpc) is 2.36. The third-order valence-electron chi connectivity index (χ3n) is 2.43. The van der Waals surface area contributed by atoms with Crippen molar-refractivity contribution in [1.29, 1.82) is 0 Å². The Kier molecular flexibility index (Phi) is 3.41. The number of hydrogen-bond acceptors (Lipinski definition) is 3. The Hall–Kier alpha value is -1.85. The second kappa shape index (κ2) is 4.99. The van der Waals surface area contributed by atoms with Crippen molar-refractivity contribution >= 4 is 0 Å². The number of nitrogens with two attached hydrogens (primary N) is 1. The van der Waals surface area contributed by atoms with E-state index in [1.807, 2.05) is 0 Å². The summed E-state index contributed by atoms with van der Waals surface area (Å²) >= 11 is 0. The van der Waals surface area contributed by atoms with Crippen molar-refractivity contribution in [2.45, 2.75) is 6.04 Å². The standard InChI is InChI=1S/C12H11F2N3/c13-9-5-4-8(7-10(9)14)12(17-15)11-3-1-2-6-16-11/h1-7,12,17H,15H2. The number of hydrogen-bond donors (Lipinski definition) is 2. The van der Waals surface area contributed by atoms with Gasteiger partial charge in [-0.15, -0.1) is 0 Å². The van der Waals surface area contributed by atoms with Gasteiger partial charge in [-0.1, -0.05) is 12.1 Å². The lowest BCUT2D eigenvalue weighted by atomic mass is 10.0. The maximum atomic E-state index is 13.1. The summed E-state index contributed by atoms with van der Waals surface area (Å²) in [6.45, 7) is 0. The first-order valence-electron chi connectivity index (χ1n) is 5.04. The van der Waals surface area contributed by atoms with E-state index < -0.39 is 17.7 Å². The summed E-state index contributed by atoms with van der Waals surface area (Å²) in [4.78, 5) is 4.12. The molecule has 2 aromatic rings. The lowest BCUT2D eigenvalue weighted by Gasteiger charge is -2.15. The van der Waals surface area contributed by atoms with Crippen LogP contribution in [0, 0.1) is 11.6 Å². The molecule has 1 aromatic carbocycles. The van der Waals surface area contributed by atoms with Gasteiger partial charge in [-0.3, -0.25) is 10.8 Å². The topological polar surface area (TPSA) is 50.9 Å². The molecule has 0 radical (unpaired) electrons. The summed E-state index contributed by atoms with van der Waals surface area (Å²) in [7, 11) is 0. The van der Waals surface area contributed by atoms with Crippen LogP contribution in [0.25, 0.3) is 0 Å². The Morgan fingerprint density at radius 1 is 1.12 bits per heavy atom. The summed E-state index contributed by atoms with van der Waals surface area (Å²) in [6, 6.07) is 8.50. The second-order valence-corrected chi connectivity index (χ2v) is 3.53. The van der Waals surface area contributed by atoms with Crippen LogP contribution in [0.5, 0.6) is 0 Å². The molecule has 0 aliphatic rings. The Labute approximate surface area is 97.3 Å². The highest BCUT2D eigenvalue weighted by Gasteiger charge is 2.15. The van der Waals surface area contributed by atoms with Crippen LogP contribution < -0.4 is 11.3 Å². The third-order valence-corrected chi connectivity index (χ3v) is 2.43. The van der Waals surface area contributed by atoms with E-state index >= 15 is 0 Å². The van der Waals surface area contributed by atoms with Crippen LogP contribution in [0.4, 0.5) is 8.78 Å². The van der Waals surface area contributed by atoms with Crippen LogP contribution in [0.1, 0.15) is 17.3 Å². The summed E-state index contributed by atoms with van der Waals surface area (Å²) in [5.74, 6) is 3.63. The SMILES string of the molecule is NNC(c1ccc(F)c(F)c1)c1ccccn1. The van der Waals surface area contributed by atoms with Gasteiger partial charge in [0.15, 0.2) is 11.6 Å². The van der Waals surface area contributed by atoms with E-state index in [2.05, 4.69) is 10.4 Å². The van der Waals surface area contributed by atoms with Gasteiger partial charge in [0, 0.05) is 6.20 Å². The molecule has 3 N–H and O–H groups in total. The molecule has 3 nitrogen and oxygen atoms in total. The van der Waals surface area contributed by atoms with Crippen LogP contribution in [-0.4, -0.2) is 4.98 Å². The lowest BCUT2D eigenvalue weighted by molar-refractivity contribution is 0.503. The van der Waals surface area contributed by atoms with Gasteiger partial charge in [-0.25, -0.2) is 14.2 Å². The first-order valence-corrected chi connectivity index (χ1v) is 5.04. The molecule has 5 heteroatoms. The molecule has 0 fully saturated rings. The molecule has 0 spiro atoms. The molecule has 1 atom stereocenters. The van der Waals surface area contributed by atoms with Crippen LogP contribution in [0.3, 0.4) is 0 Å². The van der Waals surface area contributed by atoms with Gasteiger partial charge in [0.05, 0.1) is 11.7 Å². The predicted octanol–water partition coefficient (Wildman–Crippen LogP) is 1.91. The number of rotatable bonds is 3. The Morgan fingerprint density at radius 2 is 1.94 bits per heavy atom. The van der Waals surface area contributed by atoms with E-state index in [9.17, 15) is 8.78 Å². The van der Waals surface area contributed by atoms with Crippen LogP contribution in [-0.2, 0) is 0 Å². The van der Waals surface area contributed by atoms with Gasteiger partial charge >= 0.3 is 0 Å². The van der Waals surface area contributed by atoms with E-state index in [4.69, 9.17) is 5.84 Å². The molecular weight excluding hydrogens is 224 g/mol. The summed E-state index contributed by atoms with van der Waals surface area (Å²) < 4.78 is 26.0. The lowest BCUT2D eigenvalue weighted by Crippen LogP contribution is -2.29. The van der Waals surface area contributed by atoms with Crippen molar-refractivity contribution in [3.8, 4) is 0 Å². The van der Waals surface area contributed by atoms with Gasteiger partial charge in [0.2, 0.25) is 0 Å². The van der Waals surface area contributed by atoms with E-state index in [-0.39, 0.29) is 0 Å². The molecule has 1 heterocycles. The van der Waals surface area contributed by atoms with Crippen molar-refractivity contribution in [2.24, 2.45) is 5.84 Å². The molecule has 2 rings (SSSR count). The van der Waals surface area contributed by atoms with E-state index in [0.717, 1.165) is 12.1 Å². The van der Waals surface area contributed by atoms with E-state index in [0.29, 0.717) is 11.3 Å². The quantitative estimate of drug-likeness (QED) is 0.631. The summed E-state index contributed by atoms with van der Waals surface area (Å²) in [5, 5.41) is 0. The Balaban J connectivity index is 2.39. The van der Waals surface area contributed by atoms with Crippen LogP contribution in [0.2, 0.25) is 0 Å². The zero-order valence-electron chi connectivity index (χ0n) is 8.90. The molecule has 0 amide bonds. The fraction of sp³-hybridized carbons (Fsp3) is 0.0833. The first kappa shape index (κ1) is 11.6. The van der Waals surface area contributed by atoms with Gasteiger partial charge in [-0.05, 0) is 29.8 Å². The minimum Gasteiger partial charge on any atom is -0.271 e. The molecule has 0 aliphatic carbocycles. The molecular formula is C12H11F2N3. The van der Waals surface area contributed by atoms with Gasteiger partial charge < -0.3 is 0 Å². The van der Waals surface area contributed by atoms with Gasteiger partial charge in [0.1, 0.15) is 0 Å². The molecule has 0 saturated carbocycles. The van der Waals surface area contributed by atoms with Crippen molar-refractivity contribution < 1.29 is 8.78 Å². The Morgan fingerprint density at radius 3 is 2.53 bits per heavy atom. The van der Waals surface area contributed by atoms with Crippen LogP contribution in [0.15, 0.2) is 42.6 Å². The van der Waals surface area contributed by atoms with Crippen molar-refractivity contribution in [2.75, 3.05) is 0 Å². The Bertz CT molecular complexity index is 502. The number of hydrazine groups is 1. The monoisotopic (exact) mass is 235 g/mol. The molecule has 1 unspecified atom stereocenters. The first-order chi connectivity index (χ1) is 8.22. The largest absolute Gasteiger partial charge is 0.271 e. The molecule has 17 heavy (non-hydrogen) atoms. The highest BCUT2D eigenvalue weighted by molar-refractivity contribution is 5.28. The minimum absolute atomic E-state index is 0.466.